The van der Waals surface area contributed by atoms with Gasteiger partial charge in [0.2, 0.25) is 5.91 Å². The molecule has 8 nitrogen and oxygen atoms in total. The fourth-order valence-corrected chi connectivity index (χ4v) is 3.11. The minimum atomic E-state index is -0.606. The number of hydrogen-bond acceptors (Lipinski definition) is 4. The van der Waals surface area contributed by atoms with Gasteiger partial charge >= 0.3 is 6.09 Å². The molecule has 2 fully saturated rings. The van der Waals surface area contributed by atoms with Crippen molar-refractivity contribution in [2.45, 2.75) is 64.1 Å². The molecule has 0 aromatic rings. The lowest BCUT2D eigenvalue weighted by Gasteiger charge is -2.42. The van der Waals surface area contributed by atoms with Crippen molar-refractivity contribution in [1.82, 2.24) is 9.80 Å². The predicted molar refractivity (Wildman–Crippen MR) is 84.7 cm³/mol. The number of azide groups is 1. The Morgan fingerprint density at radius 2 is 2.00 bits per heavy atom. The van der Waals surface area contributed by atoms with Crippen molar-refractivity contribution in [3.8, 4) is 0 Å². The summed E-state index contributed by atoms with van der Waals surface area (Å²) in [4.78, 5) is 30.9. The van der Waals surface area contributed by atoms with E-state index < -0.39 is 11.6 Å². The molecule has 8 heteroatoms. The number of hydrogen-bond donors (Lipinski definition) is 0. The number of piperidine rings is 2. The Morgan fingerprint density at radius 3 is 2.65 bits per heavy atom. The minimum Gasteiger partial charge on any atom is -0.444 e. The zero-order valence-electron chi connectivity index (χ0n) is 14.1. The van der Waals surface area contributed by atoms with Gasteiger partial charge in [0.25, 0.3) is 0 Å². The molecule has 2 saturated heterocycles. The molecule has 0 radical (unpaired) electrons. The highest BCUT2D eigenvalue weighted by molar-refractivity contribution is 5.83. The van der Waals surface area contributed by atoms with E-state index in [0.29, 0.717) is 26.1 Å². The van der Waals surface area contributed by atoms with Gasteiger partial charge in [-0.1, -0.05) is 5.11 Å². The molecule has 128 valence electrons. The Hall–Kier alpha value is -1.95. The van der Waals surface area contributed by atoms with E-state index in [9.17, 15) is 9.59 Å². The third-order valence-corrected chi connectivity index (χ3v) is 4.12. The number of carbonyl (C=O) groups is 2. The van der Waals surface area contributed by atoms with Crippen LogP contribution < -0.4 is 0 Å². The van der Waals surface area contributed by atoms with Crippen LogP contribution in [0.15, 0.2) is 5.11 Å². The number of likely N-dealkylation sites (tertiary alicyclic amines) is 2. The Bertz CT molecular complexity index is 510. The summed E-state index contributed by atoms with van der Waals surface area (Å²) >= 11 is 0. The first-order valence-corrected chi connectivity index (χ1v) is 8.14. The molecule has 0 spiro atoms. The first-order chi connectivity index (χ1) is 10.8. The van der Waals surface area contributed by atoms with Crippen LogP contribution in [0.5, 0.6) is 0 Å². The zero-order chi connectivity index (χ0) is 17.0. The zero-order valence-corrected chi connectivity index (χ0v) is 14.1. The lowest BCUT2D eigenvalue weighted by molar-refractivity contribution is -0.138. The number of nitrogens with zero attached hydrogens (tertiary/aromatic N) is 5. The van der Waals surface area contributed by atoms with Gasteiger partial charge in [0.15, 0.2) is 0 Å². The topological polar surface area (TPSA) is 98.6 Å². The van der Waals surface area contributed by atoms with Crippen molar-refractivity contribution in [1.29, 1.82) is 0 Å². The van der Waals surface area contributed by atoms with Gasteiger partial charge < -0.3 is 14.5 Å². The van der Waals surface area contributed by atoms with Crippen LogP contribution in [0.1, 0.15) is 46.5 Å². The van der Waals surface area contributed by atoms with Crippen LogP contribution in [0.2, 0.25) is 0 Å². The molecule has 0 aliphatic carbocycles. The van der Waals surface area contributed by atoms with Gasteiger partial charge in [0.05, 0.1) is 0 Å². The molecular formula is C15H25N5O3. The molecule has 0 aromatic carbocycles. The quantitative estimate of drug-likeness (QED) is 0.443. The molecule has 0 aromatic heterocycles. The van der Waals surface area contributed by atoms with E-state index in [0.717, 1.165) is 19.3 Å². The first-order valence-electron chi connectivity index (χ1n) is 8.14. The van der Waals surface area contributed by atoms with Crippen LogP contribution in [-0.2, 0) is 9.53 Å². The van der Waals surface area contributed by atoms with Crippen LogP contribution in [0.4, 0.5) is 4.79 Å². The van der Waals surface area contributed by atoms with E-state index in [1.54, 1.807) is 9.80 Å². The maximum atomic E-state index is 12.4. The normalized spacial score (nSPS) is 25.8. The summed E-state index contributed by atoms with van der Waals surface area (Å²) in [6.07, 6.45) is 2.77. The summed E-state index contributed by atoms with van der Waals surface area (Å²) in [5, 5.41) is 3.60. The van der Waals surface area contributed by atoms with Crippen LogP contribution in [0, 0.1) is 0 Å². The van der Waals surface area contributed by atoms with Crippen LogP contribution in [0.3, 0.4) is 0 Å². The summed E-state index contributed by atoms with van der Waals surface area (Å²) in [6, 6.07) is -0.633. The lowest BCUT2D eigenvalue weighted by atomic mass is 9.98. The summed E-state index contributed by atoms with van der Waals surface area (Å²) in [7, 11) is 0. The third-order valence-electron chi connectivity index (χ3n) is 4.12. The van der Waals surface area contributed by atoms with E-state index in [1.165, 1.54) is 0 Å². The average Bonchev–Trinajstić information content (AvgIpc) is 2.48. The highest BCUT2D eigenvalue weighted by Crippen LogP contribution is 2.24. The molecule has 1 unspecified atom stereocenters. The summed E-state index contributed by atoms with van der Waals surface area (Å²) in [6.45, 7) is 7.29. The van der Waals surface area contributed by atoms with Crippen molar-refractivity contribution in [3.05, 3.63) is 10.4 Å². The predicted octanol–water partition coefficient (Wildman–Crippen LogP) is 2.69. The molecule has 23 heavy (non-hydrogen) atoms. The van der Waals surface area contributed by atoms with E-state index in [2.05, 4.69) is 10.0 Å². The molecular weight excluding hydrogens is 298 g/mol. The molecule has 0 bridgehead atoms. The van der Waals surface area contributed by atoms with Gasteiger partial charge in [-0.3, -0.25) is 4.79 Å². The molecule has 2 aliphatic heterocycles. The van der Waals surface area contributed by atoms with Crippen molar-refractivity contribution in [2.24, 2.45) is 5.11 Å². The van der Waals surface area contributed by atoms with Crippen LogP contribution in [-0.4, -0.2) is 59.1 Å². The first kappa shape index (κ1) is 17.4. The maximum Gasteiger partial charge on any atom is 0.410 e. The highest BCUT2D eigenvalue weighted by Gasteiger charge is 2.36. The summed E-state index contributed by atoms with van der Waals surface area (Å²) in [5.41, 5.74) is 8.04. The Labute approximate surface area is 136 Å². The second-order valence-electron chi connectivity index (χ2n) is 7.12. The molecule has 2 heterocycles. The van der Waals surface area contributed by atoms with Crippen molar-refractivity contribution in [2.75, 3.05) is 19.6 Å². The summed E-state index contributed by atoms with van der Waals surface area (Å²) in [5.74, 6) is -0.120. The fourth-order valence-electron chi connectivity index (χ4n) is 3.11. The van der Waals surface area contributed by atoms with Gasteiger partial charge in [-0.25, -0.2) is 4.79 Å². The van der Waals surface area contributed by atoms with Gasteiger partial charge in [-0.15, -0.1) is 0 Å². The van der Waals surface area contributed by atoms with E-state index in [-0.39, 0.29) is 18.0 Å². The smallest absolute Gasteiger partial charge is 0.410 e. The Balaban J connectivity index is 2.01. The van der Waals surface area contributed by atoms with Crippen LogP contribution >= 0.6 is 0 Å². The number of carbonyl (C=O) groups excluding carboxylic acids is 2. The molecule has 0 saturated carbocycles. The number of rotatable bonds is 2. The monoisotopic (exact) mass is 323 g/mol. The lowest BCUT2D eigenvalue weighted by Crippen LogP contribution is -2.56. The second-order valence-corrected chi connectivity index (χ2v) is 7.12. The largest absolute Gasteiger partial charge is 0.444 e. The van der Waals surface area contributed by atoms with Crippen LogP contribution in [0.25, 0.3) is 10.4 Å². The van der Waals surface area contributed by atoms with E-state index >= 15 is 0 Å². The number of ether oxygens (including phenoxy) is 1. The van der Waals surface area contributed by atoms with Gasteiger partial charge in [0, 0.05) is 30.6 Å². The fraction of sp³-hybridized carbons (Fsp3) is 0.867. The molecule has 2 amide bonds. The highest BCUT2D eigenvalue weighted by atomic mass is 16.6. The molecule has 2 aliphatic rings. The third kappa shape index (κ3) is 4.51. The van der Waals surface area contributed by atoms with Gasteiger partial charge in [-0.2, -0.15) is 0 Å². The Morgan fingerprint density at radius 1 is 1.30 bits per heavy atom. The Kier molecular flexibility index (Phi) is 5.36. The second kappa shape index (κ2) is 7.08. The maximum absolute atomic E-state index is 12.4. The average molecular weight is 323 g/mol. The van der Waals surface area contributed by atoms with E-state index in [4.69, 9.17) is 10.3 Å². The molecule has 2 atom stereocenters. The number of amides is 2. The molecule has 2 rings (SSSR count). The molecule has 0 N–H and O–H groups in total. The SMILES string of the molecule is CC(C)(C)OC(=O)N1CCC[C@@H](N2CCCC(N=[N+]=[N-])C2=O)C1. The van der Waals surface area contributed by atoms with E-state index in [1.807, 2.05) is 20.8 Å². The van der Waals surface area contributed by atoms with Gasteiger partial charge in [-0.05, 0) is 52.0 Å². The summed E-state index contributed by atoms with van der Waals surface area (Å²) < 4.78 is 5.42. The standard InChI is InChI=1S/C15H25N5O3/c1-15(2,3)23-14(22)19-8-4-6-11(10-19)20-9-5-7-12(13(20)21)17-18-16/h11-12H,4-10H2,1-3H3/t11-,12?/m1/s1. The van der Waals surface area contributed by atoms with Gasteiger partial charge in [0.1, 0.15) is 11.6 Å². The minimum absolute atomic E-state index is 0.0274. The van der Waals surface area contributed by atoms with Crippen molar-refractivity contribution < 1.29 is 14.3 Å². The van der Waals surface area contributed by atoms with Crippen molar-refractivity contribution in [3.63, 3.8) is 0 Å². The van der Waals surface area contributed by atoms with Crippen molar-refractivity contribution >= 4 is 12.0 Å².